The van der Waals surface area contributed by atoms with Gasteiger partial charge in [0.05, 0.1) is 18.8 Å². The lowest BCUT2D eigenvalue weighted by Crippen LogP contribution is -2.59. The lowest BCUT2D eigenvalue weighted by atomic mass is 9.99. The smallest absolute Gasteiger partial charge is 0.338 e. The van der Waals surface area contributed by atoms with Crippen molar-refractivity contribution in [1.29, 1.82) is 0 Å². The van der Waals surface area contributed by atoms with Crippen molar-refractivity contribution in [3.05, 3.63) is 52.2 Å². The van der Waals surface area contributed by atoms with Gasteiger partial charge in [-0.05, 0) is 31.2 Å². The van der Waals surface area contributed by atoms with Gasteiger partial charge in [-0.2, -0.15) is 0 Å². The highest BCUT2D eigenvalue weighted by Crippen LogP contribution is 2.43. The van der Waals surface area contributed by atoms with Gasteiger partial charge < -0.3 is 69.3 Å². The average molecular weight is 631 g/mol. The molecule has 0 aliphatic carbocycles. The van der Waals surface area contributed by atoms with Gasteiger partial charge >= 0.3 is 5.97 Å². The summed E-state index contributed by atoms with van der Waals surface area (Å²) < 4.78 is 27.5. The topological polar surface area (TPSA) is 266 Å². The van der Waals surface area contributed by atoms with Crippen LogP contribution in [-0.2, 0) is 9.47 Å². The van der Waals surface area contributed by atoms with Crippen molar-refractivity contribution in [1.82, 2.24) is 0 Å². The van der Waals surface area contributed by atoms with Crippen LogP contribution in [0.3, 0.4) is 0 Å². The molecule has 0 unspecified atom stereocenters. The molecule has 45 heavy (non-hydrogen) atoms. The van der Waals surface area contributed by atoms with E-state index in [9.17, 15) is 55.5 Å². The summed E-state index contributed by atoms with van der Waals surface area (Å²) in [5.41, 5.74) is -1.94. The summed E-state index contributed by atoms with van der Waals surface area (Å²) in [5.74, 6) is -8.08. The Morgan fingerprint density at radius 3 is 1.96 bits per heavy atom. The number of benzene rings is 3. The Kier molecular flexibility index (Phi) is 7.88. The highest BCUT2D eigenvalue weighted by molar-refractivity contribution is 5.91. The molecule has 1 aliphatic rings. The molecule has 1 saturated heterocycles. The summed E-state index contributed by atoms with van der Waals surface area (Å²) in [6.45, 7) is 1.32. The van der Waals surface area contributed by atoms with E-state index in [2.05, 4.69) is 0 Å². The molecule has 4 aromatic rings. The molecule has 1 aromatic heterocycles. The van der Waals surface area contributed by atoms with Crippen molar-refractivity contribution in [3.63, 3.8) is 0 Å². The third-order valence-corrected chi connectivity index (χ3v) is 7.04. The Hall–Kier alpha value is -5.58. The molecule has 0 saturated carbocycles. The summed E-state index contributed by atoms with van der Waals surface area (Å²) in [6.07, 6.45) is -8.57. The van der Waals surface area contributed by atoms with E-state index in [4.69, 9.17) is 23.4 Å². The molecule has 0 spiro atoms. The third-order valence-electron chi connectivity index (χ3n) is 7.04. The minimum Gasteiger partial charge on any atom is -0.507 e. The standard InChI is InChI=1S/C29H26O16/c1-9-20(35)26(44-28(40)11-5-16(33)22(37)17(34)6-11)24(39)29(42-9)45-27-23(38)19-13(30)7-12(41-2)8-18(19)43-25(27)10-3-14(31)21(36)15(32)4-10/h3-9,20,24,26,29-37,39H,1-2H3/t9-,20-,24+,26+,29-/m0/s1. The maximum atomic E-state index is 13.7. The van der Waals surface area contributed by atoms with Gasteiger partial charge in [0, 0.05) is 17.7 Å². The second kappa shape index (κ2) is 11.5. The Morgan fingerprint density at radius 1 is 0.800 bits per heavy atom. The van der Waals surface area contributed by atoms with E-state index in [-0.39, 0.29) is 16.9 Å². The molecule has 1 fully saturated rings. The van der Waals surface area contributed by atoms with Crippen LogP contribution < -0.4 is 14.9 Å². The first-order valence-electron chi connectivity index (χ1n) is 13.0. The quantitative estimate of drug-likeness (QED) is 0.108. The average Bonchev–Trinajstić information content (AvgIpc) is 2.99. The number of esters is 1. The van der Waals surface area contributed by atoms with Crippen LogP contribution in [0.5, 0.6) is 51.7 Å². The molecule has 0 radical (unpaired) electrons. The molecule has 1 aliphatic heterocycles. The second-order valence-corrected chi connectivity index (χ2v) is 10.0. The molecule has 5 rings (SSSR count). The first-order valence-corrected chi connectivity index (χ1v) is 13.0. The van der Waals surface area contributed by atoms with E-state index in [1.807, 2.05) is 0 Å². The number of aliphatic hydroxyl groups is 2. The summed E-state index contributed by atoms with van der Waals surface area (Å²) >= 11 is 0. The number of aliphatic hydroxyl groups excluding tert-OH is 2. The lowest BCUT2D eigenvalue weighted by molar-refractivity contribution is -0.267. The van der Waals surface area contributed by atoms with E-state index in [1.54, 1.807) is 0 Å². The summed E-state index contributed by atoms with van der Waals surface area (Å²) in [7, 11) is 1.29. The van der Waals surface area contributed by atoms with Crippen LogP contribution in [0.2, 0.25) is 0 Å². The molecule has 3 aromatic carbocycles. The number of carbonyl (C=O) groups excluding carboxylic acids is 1. The molecular formula is C29H26O16. The number of hydrogen-bond acceptors (Lipinski definition) is 16. The van der Waals surface area contributed by atoms with Gasteiger partial charge in [-0.3, -0.25) is 4.79 Å². The Balaban J connectivity index is 1.58. The zero-order valence-corrected chi connectivity index (χ0v) is 23.2. The fraction of sp³-hybridized carbons (Fsp3) is 0.241. The molecule has 2 heterocycles. The van der Waals surface area contributed by atoms with Gasteiger partial charge in [-0.15, -0.1) is 0 Å². The minimum atomic E-state index is -2.02. The molecular weight excluding hydrogens is 604 g/mol. The number of ether oxygens (including phenoxy) is 4. The van der Waals surface area contributed by atoms with Crippen LogP contribution in [0.25, 0.3) is 22.3 Å². The van der Waals surface area contributed by atoms with E-state index in [0.29, 0.717) is 0 Å². The zero-order valence-electron chi connectivity index (χ0n) is 23.2. The Bertz CT molecular complexity index is 1820. The van der Waals surface area contributed by atoms with Gasteiger partial charge in [0.15, 0.2) is 52.5 Å². The summed E-state index contributed by atoms with van der Waals surface area (Å²) in [5, 5.41) is 91.0. The number of phenols is 7. The number of carbonyl (C=O) groups is 1. The second-order valence-electron chi connectivity index (χ2n) is 10.0. The first-order chi connectivity index (χ1) is 21.2. The number of hydrogen-bond donors (Lipinski definition) is 9. The van der Waals surface area contributed by atoms with Gasteiger partial charge in [0.25, 0.3) is 0 Å². The van der Waals surface area contributed by atoms with Crippen molar-refractivity contribution in [2.45, 2.75) is 37.6 Å². The van der Waals surface area contributed by atoms with Crippen molar-refractivity contribution < 1.29 is 74.1 Å². The number of aromatic hydroxyl groups is 7. The van der Waals surface area contributed by atoms with Crippen molar-refractivity contribution in [2.75, 3.05) is 7.11 Å². The highest BCUT2D eigenvalue weighted by atomic mass is 16.7. The Morgan fingerprint density at radius 2 is 1.38 bits per heavy atom. The van der Waals surface area contributed by atoms with Crippen molar-refractivity contribution in [3.8, 4) is 63.1 Å². The monoisotopic (exact) mass is 630 g/mol. The molecule has 0 bridgehead atoms. The number of fused-ring (bicyclic) bond motifs is 1. The zero-order chi connectivity index (χ0) is 32.9. The predicted molar refractivity (Wildman–Crippen MR) is 149 cm³/mol. The summed E-state index contributed by atoms with van der Waals surface area (Å²) in [4.78, 5) is 26.6. The van der Waals surface area contributed by atoms with Gasteiger partial charge in [-0.1, -0.05) is 0 Å². The van der Waals surface area contributed by atoms with Gasteiger partial charge in [0.2, 0.25) is 17.5 Å². The van der Waals surface area contributed by atoms with Crippen LogP contribution in [-0.4, -0.2) is 89.7 Å². The Labute approximate surface area is 251 Å². The molecule has 9 N–H and O–H groups in total. The SMILES string of the molecule is COc1cc(O)c2c(=O)c(O[C@@H]3O[C@@H](C)[C@H](O)[C@@H](OC(=O)c4cc(O)c(O)c(O)c4)[C@H]3O)c(-c3cc(O)c(O)c(O)c3)oc2c1. The molecule has 0 amide bonds. The van der Waals surface area contributed by atoms with Gasteiger partial charge in [0.1, 0.15) is 28.6 Å². The minimum absolute atomic E-state index is 0.0907. The maximum Gasteiger partial charge on any atom is 0.338 e. The largest absolute Gasteiger partial charge is 0.507 e. The fourth-order valence-electron chi connectivity index (χ4n) is 4.67. The van der Waals surface area contributed by atoms with E-state index in [1.165, 1.54) is 20.1 Å². The number of rotatable bonds is 6. The van der Waals surface area contributed by atoms with Crippen LogP contribution >= 0.6 is 0 Å². The van der Waals surface area contributed by atoms with Crippen LogP contribution in [0.4, 0.5) is 0 Å². The predicted octanol–water partition coefficient (Wildman–Crippen LogP) is 1.48. The first kappa shape index (κ1) is 30.9. The van der Waals surface area contributed by atoms with Crippen LogP contribution in [0, 0.1) is 0 Å². The van der Waals surface area contributed by atoms with E-state index in [0.717, 1.165) is 30.3 Å². The van der Waals surface area contributed by atoms with Crippen LogP contribution in [0.1, 0.15) is 17.3 Å². The van der Waals surface area contributed by atoms with Crippen molar-refractivity contribution >= 4 is 16.9 Å². The number of methoxy groups -OCH3 is 1. The fourth-order valence-corrected chi connectivity index (χ4v) is 4.67. The normalized spacial score (nSPS) is 21.4. The van der Waals surface area contributed by atoms with E-state index < -0.39 is 105 Å². The maximum absolute atomic E-state index is 13.7. The lowest BCUT2D eigenvalue weighted by Gasteiger charge is -2.40. The van der Waals surface area contributed by atoms with Crippen LogP contribution in [0.15, 0.2) is 45.6 Å². The molecule has 16 nitrogen and oxygen atoms in total. The van der Waals surface area contributed by atoms with E-state index >= 15 is 0 Å². The third kappa shape index (κ3) is 5.48. The summed E-state index contributed by atoms with van der Waals surface area (Å²) in [6, 6.07) is 5.74. The number of phenolic OH excluding ortho intramolecular Hbond substituents is 7. The highest BCUT2D eigenvalue weighted by Gasteiger charge is 2.47. The molecule has 5 atom stereocenters. The molecule has 238 valence electrons. The van der Waals surface area contributed by atoms with Crippen molar-refractivity contribution in [2.24, 2.45) is 0 Å². The van der Waals surface area contributed by atoms with Gasteiger partial charge in [-0.25, -0.2) is 4.79 Å². The molecule has 16 heteroatoms.